The Kier molecular flexibility index (Phi) is 5.75. The summed E-state index contributed by atoms with van der Waals surface area (Å²) in [5.41, 5.74) is 0.304. The lowest BCUT2D eigenvalue weighted by molar-refractivity contribution is -0.119. The smallest absolute Gasteiger partial charge is 0.358 e. The monoisotopic (exact) mass is 285 g/mol. The molecule has 106 valence electrons. The van der Waals surface area contributed by atoms with Crippen molar-refractivity contribution in [1.82, 2.24) is 10.3 Å². The highest BCUT2D eigenvalue weighted by atomic mass is 32.1. The molecule has 0 aliphatic rings. The van der Waals surface area contributed by atoms with Crippen molar-refractivity contribution in [3.8, 4) is 0 Å². The summed E-state index contributed by atoms with van der Waals surface area (Å²) in [5.74, 6) is -0.545. The third-order valence-corrected chi connectivity index (χ3v) is 3.04. The maximum atomic E-state index is 11.6. The van der Waals surface area contributed by atoms with Gasteiger partial charge in [-0.25, -0.2) is 9.78 Å². The van der Waals surface area contributed by atoms with Crippen LogP contribution in [0.3, 0.4) is 0 Å². The SMILES string of the molecule is CCOC(=O)c1nc(NCC(=O)NC(C)C)sc1C. The van der Waals surface area contributed by atoms with E-state index in [1.165, 1.54) is 11.3 Å². The fourth-order valence-corrected chi connectivity index (χ4v) is 2.19. The molecule has 0 fully saturated rings. The second kappa shape index (κ2) is 7.08. The van der Waals surface area contributed by atoms with E-state index in [1.807, 2.05) is 13.8 Å². The summed E-state index contributed by atoms with van der Waals surface area (Å²) < 4.78 is 4.90. The van der Waals surface area contributed by atoms with Crippen LogP contribution in [-0.2, 0) is 9.53 Å². The standard InChI is InChI=1S/C12H19N3O3S/c1-5-18-11(17)10-8(4)19-12(15-10)13-6-9(16)14-7(2)3/h7H,5-6H2,1-4H3,(H,13,15)(H,14,16). The molecule has 2 N–H and O–H groups in total. The van der Waals surface area contributed by atoms with Gasteiger partial charge in [-0.3, -0.25) is 4.79 Å². The Hall–Kier alpha value is -1.63. The number of hydrogen-bond acceptors (Lipinski definition) is 6. The highest BCUT2D eigenvalue weighted by molar-refractivity contribution is 7.15. The first-order valence-corrected chi connectivity index (χ1v) is 6.93. The summed E-state index contributed by atoms with van der Waals surface area (Å²) in [6.45, 7) is 7.77. The van der Waals surface area contributed by atoms with Gasteiger partial charge in [0.1, 0.15) is 0 Å². The van der Waals surface area contributed by atoms with Gasteiger partial charge < -0.3 is 15.4 Å². The predicted octanol–water partition coefficient (Wildman–Crippen LogP) is 1.56. The topological polar surface area (TPSA) is 80.3 Å². The second-order valence-corrected chi connectivity index (χ2v) is 5.42. The first-order chi connectivity index (χ1) is 8.93. The molecule has 0 saturated carbocycles. The van der Waals surface area contributed by atoms with Crippen molar-refractivity contribution in [2.45, 2.75) is 33.7 Å². The van der Waals surface area contributed by atoms with Crippen molar-refractivity contribution >= 4 is 28.3 Å². The van der Waals surface area contributed by atoms with E-state index in [0.29, 0.717) is 17.4 Å². The van der Waals surface area contributed by atoms with E-state index in [4.69, 9.17) is 4.74 Å². The number of aromatic nitrogens is 1. The van der Waals surface area contributed by atoms with Crippen molar-refractivity contribution in [3.05, 3.63) is 10.6 Å². The van der Waals surface area contributed by atoms with Crippen LogP contribution < -0.4 is 10.6 Å². The van der Waals surface area contributed by atoms with Crippen LogP contribution in [0.15, 0.2) is 0 Å². The minimum absolute atomic E-state index is 0.0995. The molecule has 0 radical (unpaired) electrons. The van der Waals surface area contributed by atoms with Crippen LogP contribution in [0, 0.1) is 6.92 Å². The fourth-order valence-electron chi connectivity index (χ4n) is 1.39. The average Bonchev–Trinajstić information content (AvgIpc) is 2.67. The molecule has 19 heavy (non-hydrogen) atoms. The second-order valence-electron chi connectivity index (χ2n) is 4.22. The third-order valence-electron chi connectivity index (χ3n) is 2.12. The highest BCUT2D eigenvalue weighted by Gasteiger charge is 2.16. The van der Waals surface area contributed by atoms with E-state index >= 15 is 0 Å². The van der Waals surface area contributed by atoms with Crippen molar-refractivity contribution in [2.75, 3.05) is 18.5 Å². The van der Waals surface area contributed by atoms with Gasteiger partial charge in [0, 0.05) is 10.9 Å². The summed E-state index contributed by atoms with van der Waals surface area (Å²) in [6, 6.07) is 0.0995. The number of amides is 1. The van der Waals surface area contributed by atoms with Gasteiger partial charge in [-0.05, 0) is 27.7 Å². The quantitative estimate of drug-likeness (QED) is 0.775. The maximum Gasteiger partial charge on any atom is 0.358 e. The minimum Gasteiger partial charge on any atom is -0.461 e. The molecule has 7 heteroatoms. The van der Waals surface area contributed by atoms with Crippen molar-refractivity contribution < 1.29 is 14.3 Å². The average molecular weight is 285 g/mol. The Bertz CT molecular complexity index is 457. The van der Waals surface area contributed by atoms with Gasteiger partial charge in [0.2, 0.25) is 5.91 Å². The number of carbonyl (C=O) groups excluding carboxylic acids is 2. The van der Waals surface area contributed by atoms with Crippen molar-refractivity contribution in [1.29, 1.82) is 0 Å². The molecule has 1 rings (SSSR count). The molecule has 0 aromatic carbocycles. The predicted molar refractivity (Wildman–Crippen MR) is 74.6 cm³/mol. The molecule has 1 heterocycles. The number of hydrogen-bond donors (Lipinski definition) is 2. The van der Waals surface area contributed by atoms with Gasteiger partial charge >= 0.3 is 5.97 Å². The van der Waals surface area contributed by atoms with E-state index in [9.17, 15) is 9.59 Å². The molecule has 0 atom stereocenters. The number of aryl methyl sites for hydroxylation is 1. The Balaban J connectivity index is 2.59. The van der Waals surface area contributed by atoms with Crippen LogP contribution in [0.1, 0.15) is 36.1 Å². The van der Waals surface area contributed by atoms with Crippen LogP contribution in [0.4, 0.5) is 5.13 Å². The summed E-state index contributed by atoms with van der Waals surface area (Å²) in [4.78, 5) is 27.9. The molecular formula is C12H19N3O3S. The Labute approximate surface area is 116 Å². The molecule has 0 spiro atoms. The zero-order chi connectivity index (χ0) is 14.4. The zero-order valence-corrected chi connectivity index (χ0v) is 12.4. The number of anilines is 1. The van der Waals surface area contributed by atoms with E-state index in [2.05, 4.69) is 15.6 Å². The lowest BCUT2D eigenvalue weighted by Crippen LogP contribution is -2.34. The Morgan fingerprint density at radius 3 is 2.68 bits per heavy atom. The molecule has 0 unspecified atom stereocenters. The highest BCUT2D eigenvalue weighted by Crippen LogP contribution is 2.22. The molecule has 1 aromatic heterocycles. The van der Waals surface area contributed by atoms with Gasteiger partial charge in [-0.1, -0.05) is 0 Å². The van der Waals surface area contributed by atoms with Gasteiger partial charge in [0.05, 0.1) is 13.2 Å². The summed E-state index contributed by atoms with van der Waals surface area (Å²) >= 11 is 1.33. The van der Waals surface area contributed by atoms with Crippen LogP contribution in [0.2, 0.25) is 0 Å². The molecule has 0 saturated heterocycles. The molecule has 1 aromatic rings. The number of nitrogens with one attached hydrogen (secondary N) is 2. The van der Waals surface area contributed by atoms with Gasteiger partial charge in [0.15, 0.2) is 10.8 Å². The fraction of sp³-hybridized carbons (Fsp3) is 0.583. The third kappa shape index (κ3) is 4.86. The Morgan fingerprint density at radius 2 is 2.11 bits per heavy atom. The zero-order valence-electron chi connectivity index (χ0n) is 11.6. The number of esters is 1. The van der Waals surface area contributed by atoms with Crippen LogP contribution in [-0.4, -0.2) is 36.1 Å². The first kappa shape index (κ1) is 15.4. The molecule has 0 aliphatic heterocycles. The Morgan fingerprint density at radius 1 is 1.42 bits per heavy atom. The normalized spacial score (nSPS) is 10.4. The number of rotatable bonds is 6. The van der Waals surface area contributed by atoms with Gasteiger partial charge in [0.25, 0.3) is 0 Å². The van der Waals surface area contributed by atoms with E-state index in [1.54, 1.807) is 13.8 Å². The van der Waals surface area contributed by atoms with Crippen molar-refractivity contribution in [2.24, 2.45) is 0 Å². The minimum atomic E-state index is -0.434. The summed E-state index contributed by atoms with van der Waals surface area (Å²) in [5, 5.41) is 6.20. The van der Waals surface area contributed by atoms with Crippen molar-refractivity contribution in [3.63, 3.8) is 0 Å². The number of nitrogens with zero attached hydrogens (tertiary/aromatic N) is 1. The van der Waals surface area contributed by atoms with E-state index in [0.717, 1.165) is 4.88 Å². The molecule has 1 amide bonds. The van der Waals surface area contributed by atoms with Crippen LogP contribution in [0.25, 0.3) is 0 Å². The van der Waals surface area contributed by atoms with Gasteiger partial charge in [-0.2, -0.15) is 0 Å². The van der Waals surface area contributed by atoms with E-state index in [-0.39, 0.29) is 18.5 Å². The lowest BCUT2D eigenvalue weighted by Gasteiger charge is -2.08. The number of ether oxygens (including phenoxy) is 1. The number of carbonyl (C=O) groups is 2. The molecule has 6 nitrogen and oxygen atoms in total. The molecular weight excluding hydrogens is 266 g/mol. The van der Waals surface area contributed by atoms with Crippen LogP contribution >= 0.6 is 11.3 Å². The van der Waals surface area contributed by atoms with Crippen LogP contribution in [0.5, 0.6) is 0 Å². The lowest BCUT2D eigenvalue weighted by atomic mass is 10.4. The van der Waals surface area contributed by atoms with E-state index < -0.39 is 5.97 Å². The molecule has 0 aliphatic carbocycles. The molecule has 0 bridgehead atoms. The largest absolute Gasteiger partial charge is 0.461 e. The van der Waals surface area contributed by atoms with Gasteiger partial charge in [-0.15, -0.1) is 11.3 Å². The first-order valence-electron chi connectivity index (χ1n) is 6.11. The summed E-state index contributed by atoms with van der Waals surface area (Å²) in [6.07, 6.45) is 0. The summed E-state index contributed by atoms with van der Waals surface area (Å²) in [7, 11) is 0. The number of thiazole rings is 1. The maximum absolute atomic E-state index is 11.6.